The summed E-state index contributed by atoms with van der Waals surface area (Å²) in [6.07, 6.45) is 13.2. The minimum Gasteiger partial charge on any atom is -0.481 e. The highest BCUT2D eigenvalue weighted by atomic mass is 16.6. The zero-order chi connectivity index (χ0) is 24.9. The van der Waals surface area contributed by atoms with E-state index in [2.05, 4.69) is 16.0 Å². The van der Waals surface area contributed by atoms with Crippen molar-refractivity contribution in [2.24, 2.45) is 0 Å². The van der Waals surface area contributed by atoms with E-state index < -0.39 is 12.2 Å². The van der Waals surface area contributed by atoms with Crippen molar-refractivity contribution < 1.29 is 28.5 Å². The lowest BCUT2D eigenvalue weighted by Gasteiger charge is -2.23. The van der Waals surface area contributed by atoms with Gasteiger partial charge >= 0.3 is 6.09 Å². The van der Waals surface area contributed by atoms with Crippen molar-refractivity contribution in [1.82, 2.24) is 14.9 Å². The number of nitrogens with zero attached hydrogens (tertiary/aromatic N) is 3. The number of methoxy groups -OCH3 is 1. The third-order valence-corrected chi connectivity index (χ3v) is 6.30. The summed E-state index contributed by atoms with van der Waals surface area (Å²) in [6, 6.07) is 5.49. The van der Waals surface area contributed by atoms with Crippen LogP contribution in [0, 0.1) is 0 Å². The number of amides is 1. The molecule has 9 heteroatoms. The van der Waals surface area contributed by atoms with E-state index in [1.165, 1.54) is 17.4 Å². The van der Waals surface area contributed by atoms with Crippen molar-refractivity contribution in [2.75, 3.05) is 13.7 Å². The normalized spacial score (nSPS) is 19.1. The van der Waals surface area contributed by atoms with Gasteiger partial charge in [-0.25, -0.2) is 14.7 Å². The van der Waals surface area contributed by atoms with Gasteiger partial charge in [-0.2, -0.15) is 0 Å². The van der Waals surface area contributed by atoms with Crippen molar-refractivity contribution in [1.29, 1.82) is 0 Å². The van der Waals surface area contributed by atoms with Gasteiger partial charge in [0.15, 0.2) is 12.0 Å². The number of ether oxygens (including phenoxy) is 4. The molecule has 1 amide bonds. The molecule has 2 aromatic rings. The van der Waals surface area contributed by atoms with Gasteiger partial charge in [0.1, 0.15) is 18.1 Å². The molecule has 0 spiro atoms. The number of aryl methyl sites for hydroxylation is 1. The molecule has 1 saturated heterocycles. The van der Waals surface area contributed by atoms with Crippen LogP contribution in [-0.2, 0) is 25.4 Å². The van der Waals surface area contributed by atoms with Gasteiger partial charge in [-0.3, -0.25) is 9.78 Å². The topological polar surface area (TPSA) is 100 Å². The van der Waals surface area contributed by atoms with E-state index in [1.807, 2.05) is 24.3 Å². The monoisotopic (exact) mass is 489 g/mol. The van der Waals surface area contributed by atoms with Crippen molar-refractivity contribution in [3.8, 4) is 5.88 Å². The Hall–Kier alpha value is -4.14. The summed E-state index contributed by atoms with van der Waals surface area (Å²) in [5, 5.41) is 0. The van der Waals surface area contributed by atoms with Crippen molar-refractivity contribution in [2.45, 2.75) is 44.6 Å². The summed E-state index contributed by atoms with van der Waals surface area (Å²) in [7, 11) is 1.57. The Kier molecular flexibility index (Phi) is 6.97. The summed E-state index contributed by atoms with van der Waals surface area (Å²) in [6.45, 7) is 0.298. The van der Waals surface area contributed by atoms with Gasteiger partial charge in [0.05, 0.1) is 24.7 Å². The number of aromatic nitrogens is 2. The van der Waals surface area contributed by atoms with Crippen LogP contribution in [0.2, 0.25) is 0 Å². The minimum absolute atomic E-state index is 0.0938. The van der Waals surface area contributed by atoms with Crippen LogP contribution < -0.4 is 4.74 Å². The van der Waals surface area contributed by atoms with Gasteiger partial charge in [0.2, 0.25) is 11.8 Å². The highest BCUT2D eigenvalue weighted by Gasteiger charge is 2.36. The number of Topliss-reactive ketones (excluding diaryl/α,β-unsaturated/α-hetero) is 1. The van der Waals surface area contributed by atoms with Gasteiger partial charge < -0.3 is 18.9 Å². The number of rotatable bonds is 9. The first-order valence-corrected chi connectivity index (χ1v) is 12.0. The number of fused-ring (bicyclic) bond motifs is 1. The van der Waals surface area contributed by atoms with Crippen LogP contribution >= 0.6 is 0 Å². The first kappa shape index (κ1) is 23.6. The molecule has 0 N–H and O–H groups in total. The van der Waals surface area contributed by atoms with E-state index in [4.69, 9.17) is 18.9 Å². The molecule has 0 aromatic carbocycles. The molecule has 0 bridgehead atoms. The van der Waals surface area contributed by atoms with Crippen LogP contribution in [-0.4, -0.2) is 46.5 Å². The molecule has 0 radical (unpaired) electrons. The Labute approximate surface area is 208 Å². The van der Waals surface area contributed by atoms with Crippen LogP contribution in [0.15, 0.2) is 72.4 Å². The lowest BCUT2D eigenvalue weighted by atomic mass is 10.0. The van der Waals surface area contributed by atoms with Crippen LogP contribution in [0.3, 0.4) is 0 Å². The Bertz CT molecular complexity index is 1300. The number of carbonyl (C=O) groups is 2. The fourth-order valence-corrected chi connectivity index (χ4v) is 4.33. The van der Waals surface area contributed by atoms with E-state index in [0.29, 0.717) is 43.9 Å². The highest BCUT2D eigenvalue weighted by molar-refractivity contribution is 5.81. The average Bonchev–Trinajstić information content (AvgIpc) is 3.31. The maximum Gasteiger partial charge on any atom is 0.417 e. The predicted octanol–water partition coefficient (Wildman–Crippen LogP) is 4.70. The predicted molar refractivity (Wildman–Crippen MR) is 130 cm³/mol. The van der Waals surface area contributed by atoms with Crippen molar-refractivity contribution in [3.63, 3.8) is 0 Å². The number of ketones is 1. The maximum absolute atomic E-state index is 12.6. The second kappa shape index (κ2) is 10.6. The minimum atomic E-state index is -0.510. The standard InChI is InChI=1S/C27H27N3O6/c1-33-24-12-11-22-26(29-24)19(13-14-28-22)7-8-20(31)9-10-21-15-30(27(32)35-21)25-17-34-16-23(36-25)18-5-3-2-4-6-18/h2-3,5,11-14,16-17,21H,4,6-10,15H2,1H3. The molecule has 3 aliphatic rings. The van der Waals surface area contributed by atoms with E-state index in [0.717, 1.165) is 35.0 Å². The van der Waals surface area contributed by atoms with Crippen molar-refractivity contribution >= 4 is 22.9 Å². The van der Waals surface area contributed by atoms with E-state index in [1.54, 1.807) is 19.4 Å². The molecule has 1 unspecified atom stereocenters. The Morgan fingerprint density at radius 2 is 2.14 bits per heavy atom. The molecular weight excluding hydrogens is 462 g/mol. The zero-order valence-corrected chi connectivity index (χ0v) is 20.0. The lowest BCUT2D eigenvalue weighted by Crippen LogP contribution is -2.27. The van der Waals surface area contributed by atoms with E-state index in [-0.39, 0.29) is 11.7 Å². The number of pyridine rings is 2. The fraction of sp³-hybridized carbons (Fsp3) is 0.333. The summed E-state index contributed by atoms with van der Waals surface area (Å²) in [5.74, 6) is 1.47. The van der Waals surface area contributed by atoms with Crippen LogP contribution in [0.1, 0.15) is 37.7 Å². The first-order valence-electron chi connectivity index (χ1n) is 12.0. The quantitative estimate of drug-likeness (QED) is 0.500. The molecule has 1 aliphatic carbocycles. The van der Waals surface area contributed by atoms with E-state index in [9.17, 15) is 9.59 Å². The van der Waals surface area contributed by atoms with Gasteiger partial charge in [0, 0.05) is 25.1 Å². The maximum atomic E-state index is 12.6. The fourth-order valence-electron chi connectivity index (χ4n) is 4.33. The Morgan fingerprint density at radius 3 is 2.97 bits per heavy atom. The number of hydrogen-bond acceptors (Lipinski definition) is 8. The van der Waals surface area contributed by atoms with Crippen molar-refractivity contribution in [3.05, 3.63) is 77.9 Å². The second-order valence-electron chi connectivity index (χ2n) is 8.72. The average molecular weight is 490 g/mol. The number of hydrogen-bond donors (Lipinski definition) is 0. The number of allylic oxidation sites excluding steroid dienone is 4. The third-order valence-electron chi connectivity index (χ3n) is 6.30. The largest absolute Gasteiger partial charge is 0.481 e. The van der Waals surface area contributed by atoms with E-state index >= 15 is 0 Å². The molecule has 2 aliphatic heterocycles. The molecule has 186 valence electrons. The molecule has 5 rings (SSSR count). The zero-order valence-electron chi connectivity index (χ0n) is 20.0. The SMILES string of the molecule is COc1ccc2nccc(CCC(=O)CCC3CN(C4=COC=C(C5=CC=CCC5)O4)C(=O)O3)c2n1. The molecule has 1 fully saturated rings. The van der Waals surface area contributed by atoms with Gasteiger partial charge in [-0.05, 0) is 49.0 Å². The number of carbonyl (C=O) groups excluding carboxylic acids is 2. The second-order valence-corrected chi connectivity index (χ2v) is 8.72. The molecule has 9 nitrogen and oxygen atoms in total. The Balaban J connectivity index is 1.12. The Morgan fingerprint density at radius 1 is 1.22 bits per heavy atom. The smallest absolute Gasteiger partial charge is 0.417 e. The van der Waals surface area contributed by atoms with Crippen LogP contribution in [0.25, 0.3) is 11.0 Å². The molecule has 2 aromatic heterocycles. The molecule has 36 heavy (non-hydrogen) atoms. The van der Waals surface area contributed by atoms with Crippen LogP contribution in [0.5, 0.6) is 5.88 Å². The molecule has 4 heterocycles. The molecule has 0 saturated carbocycles. The molecule has 1 atom stereocenters. The molecular formula is C27H27N3O6. The van der Waals surface area contributed by atoms with Crippen LogP contribution in [0.4, 0.5) is 4.79 Å². The summed E-state index contributed by atoms with van der Waals surface area (Å²) >= 11 is 0. The first-order chi connectivity index (χ1) is 17.6. The summed E-state index contributed by atoms with van der Waals surface area (Å²) in [4.78, 5) is 35.3. The van der Waals surface area contributed by atoms with Gasteiger partial charge in [0.25, 0.3) is 0 Å². The van der Waals surface area contributed by atoms with Gasteiger partial charge in [-0.1, -0.05) is 18.2 Å². The summed E-state index contributed by atoms with van der Waals surface area (Å²) < 4.78 is 22.1. The third kappa shape index (κ3) is 5.25. The highest BCUT2D eigenvalue weighted by Crippen LogP contribution is 2.30. The number of cyclic esters (lactones) is 1. The summed E-state index contributed by atoms with van der Waals surface area (Å²) in [5.41, 5.74) is 3.45. The lowest BCUT2D eigenvalue weighted by molar-refractivity contribution is -0.119. The van der Waals surface area contributed by atoms with Gasteiger partial charge in [-0.15, -0.1) is 0 Å².